The van der Waals surface area contributed by atoms with Crippen LogP contribution in [0.1, 0.15) is 52.5 Å². The number of rotatable bonds is 10. The van der Waals surface area contributed by atoms with E-state index in [9.17, 15) is 9.59 Å². The van der Waals surface area contributed by atoms with E-state index in [1.807, 2.05) is 80.3 Å². The van der Waals surface area contributed by atoms with Crippen LogP contribution in [0.4, 0.5) is 5.69 Å². The zero-order valence-electron chi connectivity index (χ0n) is 18.9. The van der Waals surface area contributed by atoms with Crippen molar-refractivity contribution in [3.8, 4) is 5.75 Å². The lowest BCUT2D eigenvalue weighted by Crippen LogP contribution is -2.36. The van der Waals surface area contributed by atoms with Crippen LogP contribution in [0.5, 0.6) is 5.75 Å². The topological polar surface area (TPSA) is 49.9 Å². The number of unbranched alkanes of at least 4 members (excludes halogenated alkanes) is 2. The summed E-state index contributed by atoms with van der Waals surface area (Å²) in [5, 5.41) is 0. The Morgan fingerprint density at radius 3 is 2.16 bits per heavy atom. The maximum absolute atomic E-state index is 13.5. The number of carbonyl (C=O) groups is 2. The van der Waals surface area contributed by atoms with Crippen LogP contribution < -0.4 is 9.64 Å². The molecule has 5 nitrogen and oxygen atoms in total. The Bertz CT molecular complexity index is 933. The first kappa shape index (κ1) is 22.6. The number of benzene rings is 2. The van der Waals surface area contributed by atoms with E-state index in [1.165, 1.54) is 4.90 Å². The molecular formula is C26H32N2O3. The van der Waals surface area contributed by atoms with Crippen LogP contribution in [0, 0.1) is 0 Å². The van der Waals surface area contributed by atoms with E-state index in [0.717, 1.165) is 36.3 Å². The van der Waals surface area contributed by atoms with E-state index in [2.05, 4.69) is 6.92 Å². The van der Waals surface area contributed by atoms with Gasteiger partial charge in [-0.3, -0.25) is 14.5 Å². The summed E-state index contributed by atoms with van der Waals surface area (Å²) in [5.41, 5.74) is 2.54. The van der Waals surface area contributed by atoms with Gasteiger partial charge < -0.3 is 9.64 Å². The number of imide groups is 1. The molecule has 2 aromatic carbocycles. The van der Waals surface area contributed by atoms with E-state index in [4.69, 9.17) is 4.74 Å². The fourth-order valence-corrected chi connectivity index (χ4v) is 3.85. The van der Waals surface area contributed by atoms with Crippen LogP contribution in [0.3, 0.4) is 0 Å². The SMILES string of the molecule is CCCCCN1C(=O)C(c2ccc(OC(C)C)cc2)=C(N(CC)c2ccccc2)C1=O. The van der Waals surface area contributed by atoms with Crippen LogP contribution in [-0.2, 0) is 9.59 Å². The lowest BCUT2D eigenvalue weighted by molar-refractivity contribution is -0.137. The Labute approximate surface area is 185 Å². The van der Waals surface area contributed by atoms with Crippen LogP contribution in [0.25, 0.3) is 5.57 Å². The molecule has 5 heteroatoms. The monoisotopic (exact) mass is 420 g/mol. The van der Waals surface area contributed by atoms with Gasteiger partial charge >= 0.3 is 0 Å². The molecule has 0 fully saturated rings. The molecule has 1 heterocycles. The van der Waals surface area contributed by atoms with Crippen LogP contribution in [0.2, 0.25) is 0 Å². The molecule has 0 unspecified atom stereocenters. The van der Waals surface area contributed by atoms with Crippen LogP contribution in [0.15, 0.2) is 60.3 Å². The average molecular weight is 421 g/mol. The van der Waals surface area contributed by atoms with Gasteiger partial charge in [0.2, 0.25) is 0 Å². The van der Waals surface area contributed by atoms with Gasteiger partial charge in [-0.25, -0.2) is 0 Å². The number of hydrogen-bond donors (Lipinski definition) is 0. The van der Waals surface area contributed by atoms with E-state index in [0.29, 0.717) is 24.4 Å². The van der Waals surface area contributed by atoms with Gasteiger partial charge in [0.25, 0.3) is 11.8 Å². The molecule has 3 rings (SSSR count). The molecule has 0 saturated carbocycles. The maximum atomic E-state index is 13.5. The predicted octanol–water partition coefficient (Wildman–Crippen LogP) is 5.27. The lowest BCUT2D eigenvalue weighted by atomic mass is 10.0. The highest BCUT2D eigenvalue weighted by atomic mass is 16.5. The molecule has 1 aliphatic rings. The molecule has 1 aliphatic heterocycles. The minimum Gasteiger partial charge on any atom is -0.491 e. The summed E-state index contributed by atoms with van der Waals surface area (Å²) in [6, 6.07) is 17.2. The lowest BCUT2D eigenvalue weighted by Gasteiger charge is -2.25. The number of hydrogen-bond acceptors (Lipinski definition) is 4. The Morgan fingerprint density at radius 1 is 0.903 bits per heavy atom. The second kappa shape index (κ2) is 10.3. The molecule has 0 atom stereocenters. The fourth-order valence-electron chi connectivity index (χ4n) is 3.85. The highest BCUT2D eigenvalue weighted by Crippen LogP contribution is 2.35. The molecule has 0 aromatic heterocycles. The second-order valence-corrected chi connectivity index (χ2v) is 7.96. The normalized spacial score (nSPS) is 14.0. The molecule has 0 radical (unpaired) electrons. The van der Waals surface area contributed by atoms with Crippen molar-refractivity contribution in [3.63, 3.8) is 0 Å². The van der Waals surface area contributed by atoms with E-state index in [-0.39, 0.29) is 17.9 Å². The van der Waals surface area contributed by atoms with Crippen molar-refractivity contribution in [1.29, 1.82) is 0 Å². The number of amides is 2. The highest BCUT2D eigenvalue weighted by Gasteiger charge is 2.41. The molecule has 31 heavy (non-hydrogen) atoms. The van der Waals surface area contributed by atoms with E-state index in [1.54, 1.807) is 0 Å². The van der Waals surface area contributed by atoms with Crippen molar-refractivity contribution >= 4 is 23.1 Å². The first-order valence-corrected chi connectivity index (χ1v) is 11.2. The number of likely N-dealkylation sites (N-methyl/N-ethyl adjacent to an activating group) is 1. The van der Waals surface area contributed by atoms with Crippen molar-refractivity contribution in [2.24, 2.45) is 0 Å². The molecule has 0 saturated heterocycles. The Morgan fingerprint density at radius 2 is 1.58 bits per heavy atom. The Balaban J connectivity index is 2.05. The van der Waals surface area contributed by atoms with Gasteiger partial charge in [-0.2, -0.15) is 0 Å². The second-order valence-electron chi connectivity index (χ2n) is 7.96. The highest BCUT2D eigenvalue weighted by molar-refractivity contribution is 6.36. The quantitative estimate of drug-likeness (QED) is 0.388. The molecule has 0 N–H and O–H groups in total. The summed E-state index contributed by atoms with van der Waals surface area (Å²) >= 11 is 0. The molecule has 0 bridgehead atoms. The van der Waals surface area contributed by atoms with Crippen LogP contribution in [-0.4, -0.2) is 35.9 Å². The molecule has 0 aliphatic carbocycles. The van der Waals surface area contributed by atoms with Crippen molar-refractivity contribution < 1.29 is 14.3 Å². The van der Waals surface area contributed by atoms with Crippen LogP contribution >= 0.6 is 0 Å². The third-order valence-corrected chi connectivity index (χ3v) is 5.30. The third-order valence-electron chi connectivity index (χ3n) is 5.30. The molecule has 0 spiro atoms. The fraction of sp³-hybridized carbons (Fsp3) is 0.385. The van der Waals surface area contributed by atoms with Gasteiger partial charge in [0.05, 0.1) is 11.7 Å². The van der Waals surface area contributed by atoms with Crippen molar-refractivity contribution in [2.75, 3.05) is 18.0 Å². The molecular weight excluding hydrogens is 388 g/mol. The van der Waals surface area contributed by atoms with Gasteiger partial charge in [-0.1, -0.05) is 50.1 Å². The van der Waals surface area contributed by atoms with Gasteiger partial charge in [0.15, 0.2) is 0 Å². The zero-order valence-corrected chi connectivity index (χ0v) is 18.9. The number of ether oxygens (including phenoxy) is 1. The van der Waals surface area contributed by atoms with Gasteiger partial charge in [-0.15, -0.1) is 0 Å². The van der Waals surface area contributed by atoms with Gasteiger partial charge in [0.1, 0.15) is 11.4 Å². The Kier molecular flexibility index (Phi) is 7.50. The average Bonchev–Trinajstić information content (AvgIpc) is 3.00. The summed E-state index contributed by atoms with van der Waals surface area (Å²) in [7, 11) is 0. The minimum atomic E-state index is -0.219. The first-order chi connectivity index (χ1) is 15.0. The molecule has 2 amide bonds. The van der Waals surface area contributed by atoms with Crippen molar-refractivity contribution in [1.82, 2.24) is 4.90 Å². The summed E-state index contributed by atoms with van der Waals surface area (Å²) in [4.78, 5) is 30.2. The third kappa shape index (κ3) is 4.98. The van der Waals surface area contributed by atoms with E-state index < -0.39 is 0 Å². The zero-order chi connectivity index (χ0) is 22.4. The predicted molar refractivity (Wildman–Crippen MR) is 125 cm³/mol. The number of anilines is 1. The van der Waals surface area contributed by atoms with Crippen molar-refractivity contribution in [2.45, 2.75) is 53.1 Å². The number of para-hydroxylation sites is 1. The first-order valence-electron chi connectivity index (χ1n) is 11.2. The van der Waals surface area contributed by atoms with Crippen molar-refractivity contribution in [3.05, 3.63) is 65.9 Å². The number of nitrogens with zero attached hydrogens (tertiary/aromatic N) is 2. The summed E-state index contributed by atoms with van der Waals surface area (Å²) in [6.07, 6.45) is 2.90. The molecule has 164 valence electrons. The summed E-state index contributed by atoms with van der Waals surface area (Å²) < 4.78 is 5.74. The largest absolute Gasteiger partial charge is 0.491 e. The Hall–Kier alpha value is -3.08. The summed E-state index contributed by atoms with van der Waals surface area (Å²) in [6.45, 7) is 9.08. The summed E-state index contributed by atoms with van der Waals surface area (Å²) in [5.74, 6) is 0.306. The smallest absolute Gasteiger partial charge is 0.278 e. The standard InChI is InChI=1S/C26H32N2O3/c1-5-7-11-18-28-25(29)23(20-14-16-22(17-15-20)31-19(3)4)24(26(28)30)27(6-2)21-12-9-8-10-13-21/h8-10,12-17,19H,5-7,11,18H2,1-4H3. The van der Waals surface area contributed by atoms with E-state index >= 15 is 0 Å². The molecule has 2 aromatic rings. The van der Waals surface area contributed by atoms with Gasteiger partial charge in [-0.05, 0) is 57.0 Å². The van der Waals surface area contributed by atoms with Gasteiger partial charge in [0, 0.05) is 18.8 Å². The minimum absolute atomic E-state index is 0.0676. The maximum Gasteiger partial charge on any atom is 0.278 e. The number of carbonyl (C=O) groups excluding carboxylic acids is 2.